The summed E-state index contributed by atoms with van der Waals surface area (Å²) in [4.78, 5) is 18.0. The number of fused-ring (bicyclic) bond motifs is 1. The number of benzene rings is 1. The van der Waals surface area contributed by atoms with Gasteiger partial charge in [-0.05, 0) is 39.0 Å². The molecule has 0 aliphatic carbocycles. The highest BCUT2D eigenvalue weighted by Gasteiger charge is 2.16. The SMILES string of the molecule is CCN(CC(=O)NC(C)C)c1nc2cc(N)ccc2o1. The fourth-order valence-corrected chi connectivity index (χ4v) is 1.92. The Morgan fingerprint density at radius 3 is 2.90 bits per heavy atom. The van der Waals surface area contributed by atoms with E-state index in [2.05, 4.69) is 10.3 Å². The fourth-order valence-electron chi connectivity index (χ4n) is 1.92. The number of amides is 1. The average Bonchev–Trinajstić information content (AvgIpc) is 2.77. The largest absolute Gasteiger partial charge is 0.423 e. The van der Waals surface area contributed by atoms with Crippen molar-refractivity contribution < 1.29 is 9.21 Å². The third-order valence-electron chi connectivity index (χ3n) is 2.84. The van der Waals surface area contributed by atoms with E-state index in [4.69, 9.17) is 10.2 Å². The molecule has 1 aromatic heterocycles. The zero-order chi connectivity index (χ0) is 14.7. The van der Waals surface area contributed by atoms with Crippen LogP contribution in [0.15, 0.2) is 22.6 Å². The summed E-state index contributed by atoms with van der Waals surface area (Å²) in [6.07, 6.45) is 0. The number of carbonyl (C=O) groups is 1. The number of hydrogen-bond donors (Lipinski definition) is 2. The van der Waals surface area contributed by atoms with E-state index in [0.29, 0.717) is 29.3 Å². The molecule has 0 bridgehead atoms. The van der Waals surface area contributed by atoms with Crippen molar-refractivity contribution in [2.24, 2.45) is 0 Å². The lowest BCUT2D eigenvalue weighted by atomic mass is 10.3. The van der Waals surface area contributed by atoms with Crippen LogP contribution in [0.4, 0.5) is 11.7 Å². The first kappa shape index (κ1) is 14.2. The molecule has 2 aromatic rings. The molecule has 0 fully saturated rings. The first-order valence-electron chi connectivity index (χ1n) is 6.70. The number of oxazole rings is 1. The molecule has 0 aliphatic heterocycles. The van der Waals surface area contributed by atoms with Gasteiger partial charge in [0.2, 0.25) is 5.91 Å². The summed E-state index contributed by atoms with van der Waals surface area (Å²) in [5, 5.41) is 2.85. The summed E-state index contributed by atoms with van der Waals surface area (Å²) < 4.78 is 5.66. The summed E-state index contributed by atoms with van der Waals surface area (Å²) in [5.41, 5.74) is 7.72. The van der Waals surface area contributed by atoms with Crippen LogP contribution in [0.1, 0.15) is 20.8 Å². The Labute approximate surface area is 117 Å². The van der Waals surface area contributed by atoms with Crippen LogP contribution in [0.2, 0.25) is 0 Å². The summed E-state index contributed by atoms with van der Waals surface area (Å²) in [6.45, 7) is 6.66. The van der Waals surface area contributed by atoms with E-state index in [-0.39, 0.29) is 18.5 Å². The fraction of sp³-hybridized carbons (Fsp3) is 0.429. The molecule has 0 saturated heterocycles. The standard InChI is InChI=1S/C14H20N4O2/c1-4-18(8-13(19)16-9(2)3)14-17-11-7-10(15)5-6-12(11)20-14/h5-7,9H,4,8,15H2,1-3H3,(H,16,19). The lowest BCUT2D eigenvalue weighted by Crippen LogP contribution is -2.40. The Morgan fingerprint density at radius 1 is 1.50 bits per heavy atom. The summed E-state index contributed by atoms with van der Waals surface area (Å²) in [5.74, 6) is -0.0522. The van der Waals surface area contributed by atoms with E-state index in [1.54, 1.807) is 23.1 Å². The highest BCUT2D eigenvalue weighted by atomic mass is 16.4. The molecular weight excluding hydrogens is 256 g/mol. The molecule has 1 amide bonds. The zero-order valence-corrected chi connectivity index (χ0v) is 12.0. The zero-order valence-electron chi connectivity index (χ0n) is 12.0. The van der Waals surface area contributed by atoms with Gasteiger partial charge in [-0.1, -0.05) is 0 Å². The predicted molar refractivity (Wildman–Crippen MR) is 79.6 cm³/mol. The van der Waals surface area contributed by atoms with E-state index in [0.717, 1.165) is 0 Å². The van der Waals surface area contributed by atoms with Crippen molar-refractivity contribution in [2.45, 2.75) is 26.8 Å². The molecule has 1 heterocycles. The maximum Gasteiger partial charge on any atom is 0.298 e. The Morgan fingerprint density at radius 2 is 2.25 bits per heavy atom. The molecule has 6 heteroatoms. The normalized spacial score (nSPS) is 11.0. The van der Waals surface area contributed by atoms with Crippen LogP contribution in [0.25, 0.3) is 11.1 Å². The lowest BCUT2D eigenvalue weighted by molar-refractivity contribution is -0.120. The van der Waals surface area contributed by atoms with Gasteiger partial charge < -0.3 is 20.4 Å². The molecule has 0 atom stereocenters. The highest BCUT2D eigenvalue weighted by Crippen LogP contribution is 2.23. The number of aromatic nitrogens is 1. The number of nitrogens with one attached hydrogen (secondary N) is 1. The van der Waals surface area contributed by atoms with Gasteiger partial charge in [0.1, 0.15) is 12.1 Å². The monoisotopic (exact) mass is 276 g/mol. The van der Waals surface area contributed by atoms with Crippen LogP contribution in [0.3, 0.4) is 0 Å². The van der Waals surface area contributed by atoms with Gasteiger partial charge in [0.05, 0.1) is 0 Å². The Balaban J connectivity index is 2.18. The van der Waals surface area contributed by atoms with Crippen LogP contribution in [-0.2, 0) is 4.79 Å². The van der Waals surface area contributed by atoms with Crippen molar-refractivity contribution in [1.29, 1.82) is 0 Å². The molecule has 20 heavy (non-hydrogen) atoms. The molecule has 3 N–H and O–H groups in total. The van der Waals surface area contributed by atoms with E-state index in [1.807, 2.05) is 20.8 Å². The maximum atomic E-state index is 11.8. The first-order valence-corrected chi connectivity index (χ1v) is 6.70. The lowest BCUT2D eigenvalue weighted by Gasteiger charge is -2.18. The van der Waals surface area contributed by atoms with Gasteiger partial charge in [0, 0.05) is 18.3 Å². The van der Waals surface area contributed by atoms with Crippen LogP contribution in [-0.4, -0.2) is 30.0 Å². The molecule has 1 aromatic carbocycles. The van der Waals surface area contributed by atoms with E-state index >= 15 is 0 Å². The molecule has 2 rings (SSSR count). The molecule has 0 aliphatic rings. The van der Waals surface area contributed by atoms with Crippen molar-refractivity contribution in [3.63, 3.8) is 0 Å². The van der Waals surface area contributed by atoms with Crippen LogP contribution in [0, 0.1) is 0 Å². The number of rotatable bonds is 5. The number of nitrogens with zero attached hydrogens (tertiary/aromatic N) is 2. The van der Waals surface area contributed by atoms with Crippen molar-refractivity contribution in [2.75, 3.05) is 23.7 Å². The van der Waals surface area contributed by atoms with E-state index in [1.165, 1.54) is 0 Å². The van der Waals surface area contributed by atoms with Gasteiger partial charge in [0.15, 0.2) is 5.58 Å². The van der Waals surface area contributed by atoms with Crippen LogP contribution in [0.5, 0.6) is 0 Å². The topological polar surface area (TPSA) is 84.4 Å². The van der Waals surface area contributed by atoms with Crippen molar-refractivity contribution in [3.05, 3.63) is 18.2 Å². The molecule has 6 nitrogen and oxygen atoms in total. The Bertz CT molecular complexity index is 606. The molecule has 0 unspecified atom stereocenters. The van der Waals surface area contributed by atoms with Gasteiger partial charge in [-0.25, -0.2) is 0 Å². The molecule has 0 radical (unpaired) electrons. The van der Waals surface area contributed by atoms with Gasteiger partial charge in [-0.3, -0.25) is 4.79 Å². The van der Waals surface area contributed by atoms with Crippen LogP contribution < -0.4 is 16.0 Å². The third-order valence-corrected chi connectivity index (χ3v) is 2.84. The van der Waals surface area contributed by atoms with Crippen molar-refractivity contribution in [3.8, 4) is 0 Å². The smallest absolute Gasteiger partial charge is 0.298 e. The number of nitrogens with two attached hydrogens (primary N) is 1. The maximum absolute atomic E-state index is 11.8. The number of carbonyl (C=O) groups excluding carboxylic acids is 1. The molecule has 108 valence electrons. The average molecular weight is 276 g/mol. The number of nitrogen functional groups attached to an aromatic ring is 1. The molecule has 0 spiro atoms. The van der Waals surface area contributed by atoms with Gasteiger partial charge in [-0.2, -0.15) is 4.98 Å². The van der Waals surface area contributed by atoms with Gasteiger partial charge in [-0.15, -0.1) is 0 Å². The second-order valence-corrected chi connectivity index (χ2v) is 4.96. The minimum atomic E-state index is -0.0522. The van der Waals surface area contributed by atoms with Gasteiger partial charge in [0.25, 0.3) is 6.01 Å². The number of hydrogen-bond acceptors (Lipinski definition) is 5. The number of likely N-dealkylation sites (N-methyl/N-ethyl adjacent to an activating group) is 1. The van der Waals surface area contributed by atoms with Crippen molar-refractivity contribution in [1.82, 2.24) is 10.3 Å². The quantitative estimate of drug-likeness (QED) is 0.813. The Kier molecular flexibility index (Phi) is 4.12. The van der Waals surface area contributed by atoms with Gasteiger partial charge >= 0.3 is 0 Å². The minimum absolute atomic E-state index is 0.0522. The number of anilines is 2. The van der Waals surface area contributed by atoms with Crippen LogP contribution >= 0.6 is 0 Å². The van der Waals surface area contributed by atoms with E-state index < -0.39 is 0 Å². The third kappa shape index (κ3) is 3.20. The highest BCUT2D eigenvalue weighted by molar-refractivity contribution is 5.82. The minimum Gasteiger partial charge on any atom is -0.423 e. The summed E-state index contributed by atoms with van der Waals surface area (Å²) >= 11 is 0. The van der Waals surface area contributed by atoms with Crippen molar-refractivity contribution >= 4 is 28.7 Å². The summed E-state index contributed by atoms with van der Waals surface area (Å²) in [6, 6.07) is 5.85. The second kappa shape index (κ2) is 5.81. The van der Waals surface area contributed by atoms with E-state index in [9.17, 15) is 4.79 Å². The predicted octanol–water partition coefficient (Wildman–Crippen LogP) is 1.76. The second-order valence-electron chi connectivity index (χ2n) is 4.96. The summed E-state index contributed by atoms with van der Waals surface area (Å²) in [7, 11) is 0. The molecule has 0 saturated carbocycles. The Hall–Kier alpha value is -2.24. The molecular formula is C14H20N4O2. The first-order chi connectivity index (χ1) is 9.49.